The van der Waals surface area contributed by atoms with E-state index in [0.717, 1.165) is 32.1 Å². The molecule has 0 aromatic heterocycles. The molecule has 0 radical (unpaired) electrons. The quantitative estimate of drug-likeness (QED) is 0.0674. The molecule has 0 saturated heterocycles. The van der Waals surface area contributed by atoms with Crippen LogP contribution in [0.15, 0.2) is 0 Å². The first-order chi connectivity index (χ1) is 18.1. The highest BCUT2D eigenvalue weighted by atomic mass is 31.2. The molecule has 0 bridgehead atoms. The lowest BCUT2D eigenvalue weighted by atomic mass is 10.1. The molecule has 8 nitrogen and oxygen atoms in total. The van der Waals surface area contributed by atoms with E-state index in [2.05, 4.69) is 19.2 Å². The Balaban J connectivity index is 4.24. The number of carbonyl (C=O) groups is 1. The Morgan fingerprint density at radius 1 is 0.763 bits per heavy atom. The van der Waals surface area contributed by atoms with Gasteiger partial charge in [-0.15, -0.1) is 0 Å². The number of amides is 1. The number of hydrogen-bond acceptors (Lipinski definition) is 6. The van der Waals surface area contributed by atoms with E-state index < -0.39 is 13.9 Å². The van der Waals surface area contributed by atoms with Crippen LogP contribution in [-0.2, 0) is 23.1 Å². The summed E-state index contributed by atoms with van der Waals surface area (Å²) in [5.41, 5.74) is 0. The number of ether oxygens (including phenoxy) is 1. The smallest absolute Gasteiger partial charge is 0.268 e. The summed E-state index contributed by atoms with van der Waals surface area (Å²) < 4.78 is 28.7. The second-order valence-corrected chi connectivity index (χ2v) is 13.0. The van der Waals surface area contributed by atoms with Gasteiger partial charge in [-0.1, -0.05) is 104 Å². The van der Waals surface area contributed by atoms with Crippen molar-refractivity contribution in [3.05, 3.63) is 0 Å². The van der Waals surface area contributed by atoms with Crippen molar-refractivity contribution in [3.8, 4) is 0 Å². The third-order valence-electron chi connectivity index (χ3n) is 6.57. The minimum absolute atomic E-state index is 0.0260. The summed E-state index contributed by atoms with van der Waals surface area (Å²) in [7, 11) is 1.46. The molecule has 0 heterocycles. The van der Waals surface area contributed by atoms with Gasteiger partial charge in [-0.2, -0.15) is 0 Å². The molecule has 1 N–H and O–H groups in total. The predicted molar refractivity (Wildman–Crippen MR) is 155 cm³/mol. The molecule has 0 aliphatic heterocycles. The topological polar surface area (TPSA) is 96.9 Å². The molecule has 228 valence electrons. The lowest BCUT2D eigenvalue weighted by molar-refractivity contribution is -0.870. The summed E-state index contributed by atoms with van der Waals surface area (Å²) in [6.45, 7) is 5.59. The number of nitrogens with one attached hydrogen (secondary N) is 1. The molecule has 38 heavy (non-hydrogen) atoms. The summed E-state index contributed by atoms with van der Waals surface area (Å²) in [6.07, 6.45) is 19.1. The van der Waals surface area contributed by atoms with Gasteiger partial charge in [0.25, 0.3) is 7.82 Å². The molecule has 0 aromatic carbocycles. The van der Waals surface area contributed by atoms with E-state index in [0.29, 0.717) is 24.1 Å². The Morgan fingerprint density at radius 3 is 1.79 bits per heavy atom. The van der Waals surface area contributed by atoms with Crippen molar-refractivity contribution >= 4 is 13.7 Å². The molecule has 0 spiro atoms. The van der Waals surface area contributed by atoms with Crippen molar-refractivity contribution in [2.45, 2.75) is 129 Å². The highest BCUT2D eigenvalue weighted by Gasteiger charge is 2.18. The highest BCUT2D eigenvalue weighted by molar-refractivity contribution is 7.45. The lowest BCUT2D eigenvalue weighted by Gasteiger charge is -2.28. The van der Waals surface area contributed by atoms with Gasteiger partial charge in [0.15, 0.2) is 0 Å². The second kappa shape index (κ2) is 24.3. The zero-order chi connectivity index (χ0) is 28.5. The monoisotopic (exact) mass is 564 g/mol. The molecule has 2 atom stereocenters. The Bertz CT molecular complexity index is 600. The second-order valence-electron chi connectivity index (χ2n) is 11.6. The first-order valence-electron chi connectivity index (χ1n) is 15.4. The van der Waals surface area contributed by atoms with Crippen LogP contribution in [0.25, 0.3) is 0 Å². The van der Waals surface area contributed by atoms with Crippen LogP contribution in [0.4, 0.5) is 0 Å². The molecule has 0 aliphatic rings. The molecule has 2 unspecified atom stereocenters. The van der Waals surface area contributed by atoms with Gasteiger partial charge in [0.1, 0.15) is 13.2 Å². The van der Waals surface area contributed by atoms with Crippen LogP contribution in [-0.4, -0.2) is 70.5 Å². The fourth-order valence-electron chi connectivity index (χ4n) is 4.03. The van der Waals surface area contributed by atoms with Crippen molar-refractivity contribution in [2.24, 2.45) is 0 Å². The maximum atomic E-state index is 12.3. The van der Waals surface area contributed by atoms with E-state index in [1.54, 1.807) is 0 Å². The number of unbranched alkanes of at least 4 members (excludes halogenated alkanes) is 14. The van der Waals surface area contributed by atoms with E-state index in [9.17, 15) is 14.3 Å². The van der Waals surface area contributed by atoms with Gasteiger partial charge in [0.05, 0.1) is 33.9 Å². The van der Waals surface area contributed by atoms with Crippen LogP contribution in [0.3, 0.4) is 0 Å². The molecule has 9 heteroatoms. The van der Waals surface area contributed by atoms with E-state index >= 15 is 0 Å². The Morgan fingerprint density at radius 2 is 1.26 bits per heavy atom. The Kier molecular flexibility index (Phi) is 24.0. The average Bonchev–Trinajstić information content (AvgIpc) is 2.84. The Hall–Kier alpha value is -0.500. The molecule has 0 aromatic rings. The number of hydrogen-bond donors (Lipinski definition) is 1. The molecule has 0 rings (SSSR count). The fraction of sp³-hybridized carbons (Fsp3) is 0.966. The molecule has 0 aliphatic carbocycles. The average molecular weight is 565 g/mol. The lowest BCUT2D eigenvalue weighted by Crippen LogP contribution is -2.38. The van der Waals surface area contributed by atoms with Crippen molar-refractivity contribution in [1.29, 1.82) is 0 Å². The van der Waals surface area contributed by atoms with Gasteiger partial charge in [0, 0.05) is 19.6 Å². The van der Waals surface area contributed by atoms with Crippen LogP contribution in [0, 0.1) is 0 Å². The van der Waals surface area contributed by atoms with Crippen molar-refractivity contribution in [1.82, 2.24) is 5.32 Å². The van der Waals surface area contributed by atoms with Crippen LogP contribution < -0.4 is 10.2 Å². The summed E-state index contributed by atoms with van der Waals surface area (Å²) in [4.78, 5) is 24.5. The van der Waals surface area contributed by atoms with Gasteiger partial charge >= 0.3 is 0 Å². The maximum Gasteiger partial charge on any atom is 0.268 e. The normalized spacial score (nSPS) is 14.4. The summed E-state index contributed by atoms with van der Waals surface area (Å²) in [5.74, 6) is -0.0260. The fourth-order valence-corrected chi connectivity index (χ4v) is 4.75. The third kappa shape index (κ3) is 27.1. The number of phosphoric acid groups is 1. The van der Waals surface area contributed by atoms with Gasteiger partial charge in [-0.3, -0.25) is 9.36 Å². The summed E-state index contributed by atoms with van der Waals surface area (Å²) in [6, 6.07) is 0. The molecule has 0 saturated carbocycles. The van der Waals surface area contributed by atoms with Gasteiger partial charge in [-0.05, 0) is 12.8 Å². The van der Waals surface area contributed by atoms with Gasteiger partial charge < -0.3 is 28.5 Å². The van der Waals surface area contributed by atoms with Crippen LogP contribution >= 0.6 is 7.82 Å². The minimum atomic E-state index is -4.43. The van der Waals surface area contributed by atoms with E-state index in [-0.39, 0.29) is 25.7 Å². The van der Waals surface area contributed by atoms with E-state index in [1.807, 2.05) is 21.1 Å². The van der Waals surface area contributed by atoms with Crippen LogP contribution in [0.2, 0.25) is 0 Å². The highest BCUT2D eigenvalue weighted by Crippen LogP contribution is 2.38. The van der Waals surface area contributed by atoms with Gasteiger partial charge in [-0.25, -0.2) is 0 Å². The van der Waals surface area contributed by atoms with Crippen LogP contribution in [0.5, 0.6) is 0 Å². The first kappa shape index (κ1) is 37.5. The van der Waals surface area contributed by atoms with E-state index in [4.69, 9.17) is 13.8 Å². The molecule has 0 fully saturated rings. The molecular weight excluding hydrogens is 503 g/mol. The van der Waals surface area contributed by atoms with Crippen LogP contribution in [0.1, 0.15) is 123 Å². The van der Waals surface area contributed by atoms with Crippen molar-refractivity contribution in [2.75, 3.05) is 54.1 Å². The largest absolute Gasteiger partial charge is 0.756 e. The maximum absolute atomic E-state index is 12.3. The molecule has 1 amide bonds. The number of rotatable bonds is 28. The van der Waals surface area contributed by atoms with Crippen molar-refractivity contribution in [3.63, 3.8) is 0 Å². The zero-order valence-corrected chi connectivity index (χ0v) is 26.4. The number of phosphoric ester groups is 1. The minimum Gasteiger partial charge on any atom is -0.756 e. The number of likely N-dealkylation sites (N-methyl/N-ethyl adjacent to an activating group) is 1. The van der Waals surface area contributed by atoms with Crippen molar-refractivity contribution < 1.29 is 32.5 Å². The summed E-state index contributed by atoms with van der Waals surface area (Å²) >= 11 is 0. The van der Waals surface area contributed by atoms with E-state index in [1.165, 1.54) is 70.6 Å². The van der Waals surface area contributed by atoms with Gasteiger partial charge in [0.2, 0.25) is 5.91 Å². The number of carbonyl (C=O) groups excluding carboxylic acids is 1. The Labute approximate surface area is 234 Å². The zero-order valence-electron chi connectivity index (χ0n) is 25.5. The number of nitrogens with zero attached hydrogens (tertiary/aromatic N) is 1. The predicted octanol–water partition coefficient (Wildman–Crippen LogP) is 6.37. The standard InChI is InChI=1S/C29H61N2O6P/c1-6-8-10-12-13-14-15-16-17-18-20-22-29(32)30-26-28(35-24-21-19-11-9-7-2)27-37-38(33,34)36-25-23-31(3,4)5/h28H,6-27H2,1-5H3,(H-,30,32,33,34). The molecular formula is C29H61N2O6P. The SMILES string of the molecule is CCCCCCCCCCCCCC(=O)NCC(COP(=O)([O-])OCC[N+](C)(C)C)OCCCCCCC. The summed E-state index contributed by atoms with van der Waals surface area (Å²) in [5, 5.41) is 2.90. The third-order valence-corrected chi connectivity index (χ3v) is 7.53. The first-order valence-corrected chi connectivity index (χ1v) is 16.8. The number of quaternary nitrogens is 1.